The number of imide groups is 2. The lowest BCUT2D eigenvalue weighted by Gasteiger charge is -2.14. The van der Waals surface area contributed by atoms with Crippen LogP contribution in [0.3, 0.4) is 0 Å². The summed E-state index contributed by atoms with van der Waals surface area (Å²) >= 11 is 0. The summed E-state index contributed by atoms with van der Waals surface area (Å²) in [6.45, 7) is 1.76. The summed E-state index contributed by atoms with van der Waals surface area (Å²) in [6, 6.07) is 16.8. The molecule has 0 fully saturated rings. The van der Waals surface area contributed by atoms with Crippen LogP contribution in [0.15, 0.2) is 66.7 Å². The summed E-state index contributed by atoms with van der Waals surface area (Å²) in [6.07, 6.45) is 0. The quantitative estimate of drug-likeness (QED) is 0.402. The molecule has 4 amide bonds. The van der Waals surface area contributed by atoms with E-state index >= 15 is 0 Å². The van der Waals surface area contributed by atoms with Crippen molar-refractivity contribution >= 4 is 35.3 Å². The Bertz CT molecular complexity index is 1380. The number of ether oxygens (including phenoxy) is 2. The second-order valence-electron chi connectivity index (χ2n) is 7.78. The first kappa shape index (κ1) is 22.0. The first-order chi connectivity index (χ1) is 16.9. The summed E-state index contributed by atoms with van der Waals surface area (Å²) in [5, 5.41) is 0. The molecule has 174 valence electrons. The third-order valence-corrected chi connectivity index (χ3v) is 5.73. The molecule has 0 spiro atoms. The van der Waals surface area contributed by atoms with E-state index in [1.165, 1.54) is 30.3 Å². The van der Waals surface area contributed by atoms with Gasteiger partial charge in [-0.1, -0.05) is 12.1 Å². The predicted octanol–water partition coefficient (Wildman–Crippen LogP) is 3.30. The number of hydrogen-bond acceptors (Lipinski definition) is 7. The van der Waals surface area contributed by atoms with Crippen molar-refractivity contribution in [3.05, 3.63) is 94.5 Å². The lowest BCUT2D eigenvalue weighted by atomic mass is 10.1. The summed E-state index contributed by atoms with van der Waals surface area (Å²) < 4.78 is 10.6. The minimum absolute atomic E-state index is 0.00931. The van der Waals surface area contributed by atoms with Crippen molar-refractivity contribution in [3.63, 3.8) is 0 Å². The molecule has 0 saturated carbocycles. The topological polar surface area (TPSA) is 110 Å². The van der Waals surface area contributed by atoms with Gasteiger partial charge < -0.3 is 9.47 Å². The minimum Gasteiger partial charge on any atom is -0.494 e. The van der Waals surface area contributed by atoms with Gasteiger partial charge in [0, 0.05) is 0 Å². The molecule has 0 N–H and O–H groups in total. The Kier molecular flexibility index (Phi) is 5.37. The molecule has 0 aliphatic carbocycles. The van der Waals surface area contributed by atoms with Gasteiger partial charge in [-0.05, 0) is 61.5 Å². The fraction of sp³-hybridized carbons (Fsp3) is 0.115. The van der Waals surface area contributed by atoms with Crippen molar-refractivity contribution in [2.45, 2.75) is 6.92 Å². The first-order valence-corrected chi connectivity index (χ1v) is 10.8. The van der Waals surface area contributed by atoms with Crippen LogP contribution in [0, 0.1) is 0 Å². The number of carbonyl (C=O) groups excluding carboxylic acids is 5. The van der Waals surface area contributed by atoms with Crippen LogP contribution < -0.4 is 9.64 Å². The maximum absolute atomic E-state index is 13.0. The Balaban J connectivity index is 1.31. The fourth-order valence-corrected chi connectivity index (χ4v) is 4.02. The number of rotatable bonds is 6. The van der Waals surface area contributed by atoms with Crippen LogP contribution in [0.2, 0.25) is 0 Å². The second-order valence-corrected chi connectivity index (χ2v) is 7.78. The van der Waals surface area contributed by atoms with Crippen LogP contribution in [0.1, 0.15) is 58.7 Å². The number of esters is 1. The number of hydrogen-bond donors (Lipinski definition) is 0. The average molecular weight is 470 g/mol. The smallest absolute Gasteiger partial charge is 0.339 e. The van der Waals surface area contributed by atoms with Crippen molar-refractivity contribution < 1.29 is 33.4 Å². The van der Waals surface area contributed by atoms with Gasteiger partial charge in [-0.3, -0.25) is 19.2 Å². The van der Waals surface area contributed by atoms with Crippen LogP contribution in [-0.4, -0.2) is 47.8 Å². The zero-order chi connectivity index (χ0) is 24.7. The molecular formula is C26H18N2O7. The Morgan fingerprint density at radius 2 is 1.34 bits per heavy atom. The molecule has 0 saturated heterocycles. The van der Waals surface area contributed by atoms with Gasteiger partial charge in [0.25, 0.3) is 23.6 Å². The molecule has 0 unspecified atom stereocenters. The largest absolute Gasteiger partial charge is 0.494 e. The highest BCUT2D eigenvalue weighted by Crippen LogP contribution is 2.30. The highest BCUT2D eigenvalue weighted by molar-refractivity contribution is 6.34. The Hall–Kier alpha value is -4.79. The summed E-state index contributed by atoms with van der Waals surface area (Å²) in [5.41, 5.74) is 1.07. The lowest BCUT2D eigenvalue weighted by molar-refractivity contribution is 0.0227. The Labute approximate surface area is 199 Å². The molecule has 2 heterocycles. The number of nitrogens with zero attached hydrogens (tertiary/aromatic N) is 2. The highest BCUT2D eigenvalue weighted by Gasteiger charge is 2.38. The summed E-state index contributed by atoms with van der Waals surface area (Å²) in [5.74, 6) is -2.44. The van der Waals surface area contributed by atoms with E-state index in [0.717, 1.165) is 9.80 Å². The average Bonchev–Trinajstić information content (AvgIpc) is 3.27. The van der Waals surface area contributed by atoms with Gasteiger partial charge in [0.15, 0.2) is 6.73 Å². The van der Waals surface area contributed by atoms with E-state index in [4.69, 9.17) is 9.47 Å². The number of fused-ring (bicyclic) bond motifs is 2. The molecule has 5 rings (SSSR count). The van der Waals surface area contributed by atoms with Crippen molar-refractivity contribution in [1.82, 2.24) is 4.90 Å². The number of amides is 4. The van der Waals surface area contributed by atoms with Gasteiger partial charge in [-0.25, -0.2) is 14.6 Å². The van der Waals surface area contributed by atoms with E-state index in [-0.39, 0.29) is 27.8 Å². The molecule has 2 aliphatic rings. The second kappa shape index (κ2) is 8.53. The molecule has 3 aromatic rings. The third-order valence-electron chi connectivity index (χ3n) is 5.73. The zero-order valence-corrected chi connectivity index (χ0v) is 18.5. The normalized spacial score (nSPS) is 14.3. The fourth-order valence-electron chi connectivity index (χ4n) is 4.02. The van der Waals surface area contributed by atoms with Gasteiger partial charge in [0.2, 0.25) is 0 Å². The van der Waals surface area contributed by atoms with Gasteiger partial charge in [-0.2, -0.15) is 0 Å². The van der Waals surface area contributed by atoms with Crippen molar-refractivity contribution in [2.75, 3.05) is 18.2 Å². The number of benzene rings is 3. The van der Waals surface area contributed by atoms with E-state index < -0.39 is 36.3 Å². The van der Waals surface area contributed by atoms with Crippen LogP contribution in [0.4, 0.5) is 5.69 Å². The SMILES string of the molecule is CCOc1ccc(N2C(=O)c3ccc(C(=O)OCN4C(=O)c5ccccc5C4=O)cc3C2=O)cc1. The molecule has 0 aromatic heterocycles. The Morgan fingerprint density at radius 3 is 1.97 bits per heavy atom. The molecule has 35 heavy (non-hydrogen) atoms. The third kappa shape index (κ3) is 3.63. The number of anilines is 1. The molecule has 9 nitrogen and oxygen atoms in total. The summed E-state index contributed by atoms with van der Waals surface area (Å²) in [7, 11) is 0. The number of carbonyl (C=O) groups is 5. The van der Waals surface area contributed by atoms with E-state index in [1.54, 1.807) is 36.4 Å². The highest BCUT2D eigenvalue weighted by atomic mass is 16.5. The Morgan fingerprint density at radius 1 is 0.743 bits per heavy atom. The van der Waals surface area contributed by atoms with Gasteiger partial charge in [0.1, 0.15) is 5.75 Å². The van der Waals surface area contributed by atoms with Crippen molar-refractivity contribution in [2.24, 2.45) is 0 Å². The van der Waals surface area contributed by atoms with Gasteiger partial charge >= 0.3 is 5.97 Å². The van der Waals surface area contributed by atoms with Crippen LogP contribution in [0.25, 0.3) is 0 Å². The lowest BCUT2D eigenvalue weighted by Crippen LogP contribution is -2.33. The van der Waals surface area contributed by atoms with Crippen LogP contribution >= 0.6 is 0 Å². The summed E-state index contributed by atoms with van der Waals surface area (Å²) in [4.78, 5) is 65.2. The minimum atomic E-state index is -0.843. The maximum Gasteiger partial charge on any atom is 0.339 e. The first-order valence-electron chi connectivity index (χ1n) is 10.8. The van der Waals surface area contributed by atoms with E-state index in [9.17, 15) is 24.0 Å². The van der Waals surface area contributed by atoms with E-state index in [2.05, 4.69) is 0 Å². The molecule has 0 bridgehead atoms. The standard InChI is InChI=1S/C26H18N2O7/c1-2-34-17-10-8-16(9-11-17)28-24(31)20-12-7-15(13-21(20)25(28)32)26(33)35-14-27-22(29)18-5-3-4-6-19(18)23(27)30/h3-13H,2,14H2,1H3. The predicted molar refractivity (Wildman–Crippen MR) is 122 cm³/mol. The van der Waals surface area contributed by atoms with E-state index in [1.807, 2.05) is 6.92 Å². The molecule has 2 aliphatic heterocycles. The molecule has 0 atom stereocenters. The van der Waals surface area contributed by atoms with Crippen LogP contribution in [-0.2, 0) is 4.74 Å². The van der Waals surface area contributed by atoms with Gasteiger partial charge in [-0.15, -0.1) is 0 Å². The molecule has 3 aromatic carbocycles. The van der Waals surface area contributed by atoms with Crippen molar-refractivity contribution in [1.29, 1.82) is 0 Å². The zero-order valence-electron chi connectivity index (χ0n) is 18.5. The van der Waals surface area contributed by atoms with Crippen LogP contribution in [0.5, 0.6) is 5.75 Å². The van der Waals surface area contributed by atoms with Crippen molar-refractivity contribution in [3.8, 4) is 5.75 Å². The van der Waals surface area contributed by atoms with E-state index in [0.29, 0.717) is 18.0 Å². The molecular weight excluding hydrogens is 452 g/mol. The maximum atomic E-state index is 13.0. The molecule has 9 heteroatoms. The monoisotopic (exact) mass is 470 g/mol. The molecule has 0 radical (unpaired) electrons. The van der Waals surface area contributed by atoms with Gasteiger partial charge in [0.05, 0.1) is 40.1 Å².